The van der Waals surface area contributed by atoms with Crippen LogP contribution < -0.4 is 10.1 Å². The molecule has 5 nitrogen and oxygen atoms in total. The van der Waals surface area contributed by atoms with Gasteiger partial charge in [0.15, 0.2) is 0 Å². The Morgan fingerprint density at radius 3 is 2.34 bits per heavy atom. The molecule has 6 heteroatoms. The van der Waals surface area contributed by atoms with Gasteiger partial charge in [-0.1, -0.05) is 59.7 Å². The van der Waals surface area contributed by atoms with Crippen molar-refractivity contribution in [2.45, 2.75) is 31.2 Å². The smallest absolute Gasteiger partial charge is 0.261 e. The van der Waals surface area contributed by atoms with Crippen LogP contribution in [-0.4, -0.2) is 14.1 Å². The maximum atomic E-state index is 12.5. The van der Waals surface area contributed by atoms with E-state index in [1.807, 2.05) is 19.1 Å². The number of nitrogens with zero attached hydrogens (tertiary/aromatic N) is 1. The Morgan fingerprint density at radius 1 is 0.931 bits per heavy atom. The zero-order valence-corrected chi connectivity index (χ0v) is 17.2. The van der Waals surface area contributed by atoms with Crippen LogP contribution in [0.1, 0.15) is 34.7 Å². The predicted molar refractivity (Wildman–Crippen MR) is 117 cm³/mol. The van der Waals surface area contributed by atoms with Gasteiger partial charge in [-0.2, -0.15) is 5.10 Å². The summed E-state index contributed by atoms with van der Waals surface area (Å²) >= 11 is 0. The SMILES string of the molecule is Cc1ccc(S(=O)(=O)Nc2ccc(C3=NNC(c4cccc(C)c4)C3)cc2)cc1. The van der Waals surface area contributed by atoms with E-state index < -0.39 is 10.0 Å². The first-order chi connectivity index (χ1) is 13.9. The van der Waals surface area contributed by atoms with Gasteiger partial charge in [-0.25, -0.2) is 8.42 Å². The Labute approximate surface area is 171 Å². The summed E-state index contributed by atoms with van der Waals surface area (Å²) in [6.45, 7) is 4.00. The molecule has 0 radical (unpaired) electrons. The van der Waals surface area contributed by atoms with Crippen molar-refractivity contribution in [2.24, 2.45) is 5.10 Å². The Kier molecular flexibility index (Phi) is 5.11. The van der Waals surface area contributed by atoms with Crippen LogP contribution in [0.15, 0.2) is 82.8 Å². The number of hydrogen-bond acceptors (Lipinski definition) is 4. The summed E-state index contributed by atoms with van der Waals surface area (Å²) in [5.41, 5.74) is 9.12. The van der Waals surface area contributed by atoms with E-state index in [1.165, 1.54) is 11.1 Å². The van der Waals surface area contributed by atoms with Crippen LogP contribution in [0.3, 0.4) is 0 Å². The van der Waals surface area contributed by atoms with Crippen molar-refractivity contribution in [1.29, 1.82) is 0 Å². The van der Waals surface area contributed by atoms with Crippen LogP contribution in [0.2, 0.25) is 0 Å². The summed E-state index contributed by atoms with van der Waals surface area (Å²) in [7, 11) is -3.60. The molecule has 1 unspecified atom stereocenters. The second kappa shape index (κ2) is 7.72. The van der Waals surface area contributed by atoms with E-state index in [0.717, 1.165) is 23.3 Å². The van der Waals surface area contributed by atoms with E-state index in [1.54, 1.807) is 36.4 Å². The van der Waals surface area contributed by atoms with Gasteiger partial charge in [0.05, 0.1) is 16.6 Å². The Hall–Kier alpha value is -3.12. The van der Waals surface area contributed by atoms with Crippen molar-refractivity contribution in [3.05, 3.63) is 95.1 Å². The third-order valence-electron chi connectivity index (χ3n) is 5.00. The minimum absolute atomic E-state index is 0.157. The molecule has 0 saturated heterocycles. The van der Waals surface area contributed by atoms with Gasteiger partial charge in [-0.05, 0) is 49.2 Å². The van der Waals surface area contributed by atoms with Gasteiger partial charge in [-0.15, -0.1) is 0 Å². The van der Waals surface area contributed by atoms with Crippen LogP contribution in [0.4, 0.5) is 5.69 Å². The zero-order chi connectivity index (χ0) is 20.4. The third-order valence-corrected chi connectivity index (χ3v) is 6.40. The van der Waals surface area contributed by atoms with E-state index in [9.17, 15) is 8.42 Å². The first kappa shape index (κ1) is 19.2. The summed E-state index contributed by atoms with van der Waals surface area (Å²) < 4.78 is 27.7. The van der Waals surface area contributed by atoms with E-state index in [-0.39, 0.29) is 10.9 Å². The molecule has 0 spiro atoms. The number of nitrogens with one attached hydrogen (secondary N) is 2. The minimum Gasteiger partial charge on any atom is -0.302 e. The molecule has 1 heterocycles. The number of rotatable bonds is 5. The maximum Gasteiger partial charge on any atom is 0.261 e. The molecule has 0 bridgehead atoms. The molecule has 148 valence electrons. The molecule has 3 aromatic carbocycles. The first-order valence-electron chi connectivity index (χ1n) is 9.49. The van der Waals surface area contributed by atoms with Crippen molar-refractivity contribution in [3.8, 4) is 0 Å². The monoisotopic (exact) mass is 405 g/mol. The summed E-state index contributed by atoms with van der Waals surface area (Å²) in [5, 5.41) is 4.48. The van der Waals surface area contributed by atoms with Crippen LogP contribution in [-0.2, 0) is 10.0 Å². The van der Waals surface area contributed by atoms with Gasteiger partial charge < -0.3 is 5.43 Å². The molecule has 0 aliphatic carbocycles. The standard InChI is InChI=1S/C23H23N3O2S/c1-16-6-12-21(13-7-16)29(27,28)26-20-10-8-18(9-11-20)22-15-23(25-24-22)19-5-3-4-17(2)14-19/h3-14,23,25-26H,15H2,1-2H3. The second-order valence-electron chi connectivity index (χ2n) is 7.35. The number of hydrazone groups is 1. The zero-order valence-electron chi connectivity index (χ0n) is 16.4. The molecule has 2 N–H and O–H groups in total. The molecule has 0 fully saturated rings. The molecule has 0 amide bonds. The molecule has 3 aromatic rings. The number of anilines is 1. The fourth-order valence-corrected chi connectivity index (χ4v) is 4.42. The molecular weight excluding hydrogens is 382 g/mol. The predicted octanol–water partition coefficient (Wildman–Crippen LogP) is 4.54. The lowest BCUT2D eigenvalue weighted by Crippen LogP contribution is -2.13. The number of aryl methyl sites for hydroxylation is 2. The highest BCUT2D eigenvalue weighted by molar-refractivity contribution is 7.92. The first-order valence-corrected chi connectivity index (χ1v) is 11.0. The molecule has 29 heavy (non-hydrogen) atoms. The average Bonchev–Trinajstić information content (AvgIpc) is 3.19. The Bertz CT molecular complexity index is 1150. The van der Waals surface area contributed by atoms with Crippen LogP contribution >= 0.6 is 0 Å². The number of hydrogen-bond donors (Lipinski definition) is 2. The lowest BCUT2D eigenvalue weighted by atomic mass is 9.98. The Balaban J connectivity index is 1.45. The highest BCUT2D eigenvalue weighted by Gasteiger charge is 2.21. The summed E-state index contributed by atoms with van der Waals surface area (Å²) in [5.74, 6) is 0. The maximum absolute atomic E-state index is 12.5. The van der Waals surface area contributed by atoms with E-state index in [2.05, 4.69) is 46.4 Å². The lowest BCUT2D eigenvalue weighted by Gasteiger charge is -2.11. The van der Waals surface area contributed by atoms with E-state index in [4.69, 9.17) is 0 Å². The van der Waals surface area contributed by atoms with Crippen molar-refractivity contribution < 1.29 is 8.42 Å². The lowest BCUT2D eigenvalue weighted by molar-refractivity contribution is 0.601. The van der Waals surface area contributed by atoms with Gasteiger partial charge in [0.25, 0.3) is 10.0 Å². The Morgan fingerprint density at radius 2 is 1.66 bits per heavy atom. The highest BCUT2D eigenvalue weighted by Crippen LogP contribution is 2.26. The van der Waals surface area contributed by atoms with Crippen LogP contribution in [0.25, 0.3) is 0 Å². The summed E-state index contributed by atoms with van der Waals surface area (Å²) in [6.07, 6.45) is 0.790. The average molecular weight is 406 g/mol. The fourth-order valence-electron chi connectivity index (χ4n) is 3.36. The largest absolute Gasteiger partial charge is 0.302 e. The third kappa shape index (κ3) is 4.32. The quantitative estimate of drug-likeness (QED) is 0.655. The molecule has 1 atom stereocenters. The van der Waals surface area contributed by atoms with Gasteiger partial charge in [0.1, 0.15) is 0 Å². The van der Waals surface area contributed by atoms with E-state index >= 15 is 0 Å². The molecule has 0 aromatic heterocycles. The molecule has 1 aliphatic heterocycles. The van der Waals surface area contributed by atoms with Crippen LogP contribution in [0, 0.1) is 13.8 Å². The molecular formula is C23H23N3O2S. The molecule has 4 rings (SSSR count). The van der Waals surface area contributed by atoms with Crippen molar-refractivity contribution >= 4 is 21.4 Å². The van der Waals surface area contributed by atoms with Gasteiger partial charge in [-0.3, -0.25) is 4.72 Å². The molecule has 0 saturated carbocycles. The van der Waals surface area contributed by atoms with Gasteiger partial charge in [0, 0.05) is 12.1 Å². The highest BCUT2D eigenvalue weighted by atomic mass is 32.2. The van der Waals surface area contributed by atoms with Gasteiger partial charge in [0.2, 0.25) is 0 Å². The second-order valence-corrected chi connectivity index (χ2v) is 9.04. The minimum atomic E-state index is -3.60. The van der Waals surface area contributed by atoms with Gasteiger partial charge >= 0.3 is 0 Å². The van der Waals surface area contributed by atoms with Crippen molar-refractivity contribution in [2.75, 3.05) is 4.72 Å². The fraction of sp³-hybridized carbons (Fsp3) is 0.174. The summed E-state index contributed by atoms with van der Waals surface area (Å²) in [6, 6.07) is 22.7. The topological polar surface area (TPSA) is 70.6 Å². The molecule has 1 aliphatic rings. The summed E-state index contributed by atoms with van der Waals surface area (Å²) in [4.78, 5) is 0.248. The number of sulfonamides is 1. The van der Waals surface area contributed by atoms with Crippen LogP contribution in [0.5, 0.6) is 0 Å². The normalized spacial score (nSPS) is 16.2. The number of benzene rings is 3. The van der Waals surface area contributed by atoms with Crippen molar-refractivity contribution in [1.82, 2.24) is 5.43 Å². The van der Waals surface area contributed by atoms with Crippen molar-refractivity contribution in [3.63, 3.8) is 0 Å². The van der Waals surface area contributed by atoms with E-state index in [0.29, 0.717) is 5.69 Å².